The first-order valence-corrected chi connectivity index (χ1v) is 8.96. The van der Waals surface area contributed by atoms with E-state index in [0.29, 0.717) is 25.7 Å². The molecular formula is C15H21F5O3Si. The molecule has 0 saturated heterocycles. The Balaban J connectivity index is 2.44. The minimum atomic E-state index is -2.13. The van der Waals surface area contributed by atoms with Gasteiger partial charge >= 0.3 is 9.53 Å². The molecular weight excluding hydrogens is 351 g/mol. The van der Waals surface area contributed by atoms with Gasteiger partial charge in [-0.2, -0.15) is 0 Å². The Morgan fingerprint density at radius 3 is 1.79 bits per heavy atom. The van der Waals surface area contributed by atoms with Gasteiger partial charge in [-0.3, -0.25) is 0 Å². The molecule has 1 unspecified atom stereocenters. The SMILES string of the molecule is CO[SiH](OC)OC(C)CCCCCc1c(F)c(F)c(F)c(F)c1F. The molecule has 0 N–H and O–H groups in total. The molecule has 0 radical (unpaired) electrons. The second-order valence-corrected chi connectivity index (χ2v) is 7.15. The smallest absolute Gasteiger partial charge is 0.379 e. The van der Waals surface area contributed by atoms with Crippen LogP contribution in [0.5, 0.6) is 0 Å². The summed E-state index contributed by atoms with van der Waals surface area (Å²) in [7, 11) is 0.889. The molecule has 0 aliphatic rings. The highest BCUT2D eigenvalue weighted by molar-refractivity contribution is 6.36. The van der Waals surface area contributed by atoms with E-state index in [1.807, 2.05) is 6.92 Å². The number of hydrogen-bond donors (Lipinski definition) is 0. The lowest BCUT2D eigenvalue weighted by Crippen LogP contribution is -2.28. The van der Waals surface area contributed by atoms with Gasteiger partial charge in [-0.05, 0) is 26.2 Å². The second kappa shape index (κ2) is 10.1. The molecule has 1 atom stereocenters. The Hall–Kier alpha value is -1.03. The van der Waals surface area contributed by atoms with Crippen molar-refractivity contribution in [3.63, 3.8) is 0 Å². The zero-order valence-corrected chi connectivity index (χ0v) is 15.0. The molecule has 138 valence electrons. The molecule has 0 aromatic heterocycles. The van der Waals surface area contributed by atoms with Crippen molar-refractivity contribution in [1.82, 2.24) is 0 Å². The summed E-state index contributed by atoms with van der Waals surface area (Å²) < 4.78 is 81.7. The highest BCUT2D eigenvalue weighted by Gasteiger charge is 2.25. The van der Waals surface area contributed by atoms with E-state index < -0.39 is 44.2 Å². The van der Waals surface area contributed by atoms with Crippen LogP contribution in [0.3, 0.4) is 0 Å². The number of hydrogen-bond acceptors (Lipinski definition) is 3. The van der Waals surface area contributed by atoms with Gasteiger partial charge in [0, 0.05) is 25.9 Å². The summed E-state index contributed by atoms with van der Waals surface area (Å²) in [6, 6.07) is 0. The van der Waals surface area contributed by atoms with E-state index in [4.69, 9.17) is 13.3 Å². The fraction of sp³-hybridized carbons (Fsp3) is 0.600. The predicted octanol–water partition coefficient (Wildman–Crippen LogP) is 3.90. The van der Waals surface area contributed by atoms with Crippen LogP contribution in [0.2, 0.25) is 0 Å². The van der Waals surface area contributed by atoms with Crippen molar-refractivity contribution >= 4 is 9.53 Å². The van der Waals surface area contributed by atoms with Gasteiger partial charge in [0.2, 0.25) is 5.82 Å². The van der Waals surface area contributed by atoms with Crippen LogP contribution in [-0.2, 0) is 19.7 Å². The molecule has 0 heterocycles. The third-order valence-electron chi connectivity index (χ3n) is 3.57. The van der Waals surface area contributed by atoms with E-state index in [1.54, 1.807) is 0 Å². The van der Waals surface area contributed by atoms with Gasteiger partial charge in [-0.1, -0.05) is 12.8 Å². The molecule has 0 amide bonds. The van der Waals surface area contributed by atoms with Gasteiger partial charge < -0.3 is 13.3 Å². The Morgan fingerprint density at radius 2 is 1.29 bits per heavy atom. The molecule has 24 heavy (non-hydrogen) atoms. The monoisotopic (exact) mass is 372 g/mol. The fourth-order valence-electron chi connectivity index (χ4n) is 2.25. The van der Waals surface area contributed by atoms with Crippen molar-refractivity contribution in [2.24, 2.45) is 0 Å². The first-order chi connectivity index (χ1) is 11.3. The van der Waals surface area contributed by atoms with Gasteiger partial charge in [-0.25, -0.2) is 22.0 Å². The lowest BCUT2D eigenvalue weighted by atomic mass is 10.0. The van der Waals surface area contributed by atoms with Crippen LogP contribution < -0.4 is 0 Å². The van der Waals surface area contributed by atoms with E-state index in [2.05, 4.69) is 0 Å². The summed E-state index contributed by atoms with van der Waals surface area (Å²) in [4.78, 5) is 0. The van der Waals surface area contributed by atoms with Crippen LogP contribution in [-0.4, -0.2) is 29.9 Å². The maximum absolute atomic E-state index is 13.5. The number of rotatable bonds is 10. The Bertz CT molecular complexity index is 511. The molecule has 0 aliphatic heterocycles. The Morgan fingerprint density at radius 1 is 0.792 bits per heavy atom. The van der Waals surface area contributed by atoms with Gasteiger partial charge in [0.05, 0.1) is 0 Å². The molecule has 0 spiro atoms. The molecule has 0 saturated carbocycles. The van der Waals surface area contributed by atoms with Gasteiger partial charge in [0.25, 0.3) is 0 Å². The van der Waals surface area contributed by atoms with Crippen molar-refractivity contribution in [2.75, 3.05) is 14.2 Å². The number of unbranched alkanes of at least 4 members (excludes halogenated alkanes) is 2. The maximum atomic E-state index is 13.5. The van der Waals surface area contributed by atoms with E-state index in [1.165, 1.54) is 14.2 Å². The number of halogens is 5. The minimum Gasteiger partial charge on any atom is -0.379 e. The van der Waals surface area contributed by atoms with E-state index >= 15 is 0 Å². The van der Waals surface area contributed by atoms with E-state index in [-0.39, 0.29) is 12.5 Å². The molecule has 0 bridgehead atoms. The average molecular weight is 372 g/mol. The molecule has 3 nitrogen and oxygen atoms in total. The third kappa shape index (κ3) is 5.51. The molecule has 0 fully saturated rings. The quantitative estimate of drug-likeness (QED) is 0.205. The first kappa shape index (κ1) is 21.0. The summed E-state index contributed by atoms with van der Waals surface area (Å²) in [5.74, 6) is -9.44. The third-order valence-corrected chi connectivity index (χ3v) is 5.02. The van der Waals surface area contributed by atoms with Crippen LogP contribution >= 0.6 is 0 Å². The minimum absolute atomic E-state index is 0.101. The highest BCUT2D eigenvalue weighted by atomic mass is 28.3. The second-order valence-electron chi connectivity index (χ2n) is 5.35. The van der Waals surface area contributed by atoms with Crippen molar-refractivity contribution in [3.05, 3.63) is 34.6 Å². The van der Waals surface area contributed by atoms with Gasteiger partial charge in [0.15, 0.2) is 23.3 Å². The summed E-state index contributed by atoms with van der Waals surface area (Å²) in [6.45, 7) is 1.85. The van der Waals surface area contributed by atoms with Crippen molar-refractivity contribution in [3.8, 4) is 0 Å². The zero-order chi connectivity index (χ0) is 18.3. The van der Waals surface area contributed by atoms with Gasteiger partial charge in [0.1, 0.15) is 0 Å². The summed E-state index contributed by atoms with van der Waals surface area (Å²) >= 11 is 0. The highest BCUT2D eigenvalue weighted by Crippen LogP contribution is 2.24. The van der Waals surface area contributed by atoms with E-state index in [0.717, 1.165) is 0 Å². The predicted molar refractivity (Wildman–Crippen MR) is 80.1 cm³/mol. The Kier molecular flexibility index (Phi) is 8.82. The zero-order valence-electron chi connectivity index (χ0n) is 13.8. The van der Waals surface area contributed by atoms with E-state index in [9.17, 15) is 22.0 Å². The molecule has 1 aromatic carbocycles. The standard InChI is InChI=1S/C15H21F5O3Si/c1-9(23-24(21-2)22-3)7-5-4-6-8-10-11(16)13(18)15(20)14(19)12(10)17/h9,24H,4-8H2,1-3H3. The molecule has 0 aliphatic carbocycles. The van der Waals surface area contributed by atoms with Crippen molar-refractivity contribution in [1.29, 1.82) is 0 Å². The van der Waals surface area contributed by atoms with Crippen LogP contribution in [0, 0.1) is 29.1 Å². The van der Waals surface area contributed by atoms with Crippen molar-refractivity contribution in [2.45, 2.75) is 45.1 Å². The summed E-state index contributed by atoms with van der Waals surface area (Å²) in [5.41, 5.74) is -0.762. The largest absolute Gasteiger partial charge is 0.483 e. The normalized spacial score (nSPS) is 12.9. The Labute approximate surface area is 139 Å². The molecule has 9 heteroatoms. The lowest BCUT2D eigenvalue weighted by Gasteiger charge is -2.17. The maximum Gasteiger partial charge on any atom is 0.483 e. The first-order valence-electron chi connectivity index (χ1n) is 7.54. The van der Waals surface area contributed by atoms with Gasteiger partial charge in [-0.15, -0.1) is 0 Å². The fourth-order valence-corrected chi connectivity index (χ4v) is 3.18. The summed E-state index contributed by atoms with van der Waals surface area (Å²) in [6.07, 6.45) is 1.92. The topological polar surface area (TPSA) is 27.7 Å². The van der Waals surface area contributed by atoms with Crippen LogP contribution in [0.4, 0.5) is 22.0 Å². The van der Waals surface area contributed by atoms with Crippen LogP contribution in [0.1, 0.15) is 38.2 Å². The van der Waals surface area contributed by atoms with Crippen molar-refractivity contribution < 1.29 is 35.2 Å². The molecule has 1 rings (SSSR count). The summed E-state index contributed by atoms with van der Waals surface area (Å²) in [5, 5.41) is 0. The van der Waals surface area contributed by atoms with Crippen LogP contribution in [0.15, 0.2) is 0 Å². The average Bonchev–Trinajstić information content (AvgIpc) is 2.58. The van der Waals surface area contributed by atoms with Crippen LogP contribution in [0.25, 0.3) is 0 Å². The number of benzene rings is 1. The molecule has 1 aromatic rings. The lowest BCUT2D eigenvalue weighted by molar-refractivity contribution is 0.0893.